The molecule has 3 aliphatic rings. The van der Waals surface area contributed by atoms with E-state index in [1.54, 1.807) is 0 Å². The Kier molecular flexibility index (Phi) is 1.93. The van der Waals surface area contributed by atoms with Gasteiger partial charge in [-0.15, -0.1) is 0 Å². The minimum absolute atomic E-state index is 0.437. The molecule has 0 N–H and O–H groups in total. The molecule has 5 atom stereocenters. The van der Waals surface area contributed by atoms with Crippen molar-refractivity contribution in [2.24, 2.45) is 17.8 Å². The fourth-order valence-corrected chi connectivity index (χ4v) is 4.70. The minimum atomic E-state index is 0.437. The molecule has 5 nitrogen and oxygen atoms in total. The van der Waals surface area contributed by atoms with E-state index in [4.69, 9.17) is 16.3 Å². The SMILES string of the molecule is Clc1ncnc2c1ncn2C1C2CC3OCC1C3C2. The van der Waals surface area contributed by atoms with Crippen LogP contribution in [0.5, 0.6) is 0 Å². The van der Waals surface area contributed by atoms with Crippen molar-refractivity contribution in [1.82, 2.24) is 19.5 Å². The summed E-state index contributed by atoms with van der Waals surface area (Å²) in [4.78, 5) is 12.8. The number of nitrogens with zero attached hydrogens (tertiary/aromatic N) is 4. The van der Waals surface area contributed by atoms with E-state index in [0.717, 1.165) is 18.2 Å². The molecule has 0 spiro atoms. The summed E-state index contributed by atoms with van der Waals surface area (Å²) >= 11 is 6.08. The first-order valence-corrected chi connectivity index (χ1v) is 7.15. The van der Waals surface area contributed by atoms with Crippen molar-refractivity contribution in [3.63, 3.8) is 0 Å². The van der Waals surface area contributed by atoms with Crippen LogP contribution < -0.4 is 0 Å². The molecule has 2 bridgehead atoms. The van der Waals surface area contributed by atoms with E-state index < -0.39 is 0 Å². The highest BCUT2D eigenvalue weighted by Gasteiger charge is 2.57. The number of hydrogen-bond donors (Lipinski definition) is 0. The first-order valence-electron chi connectivity index (χ1n) is 6.77. The molecule has 0 amide bonds. The van der Waals surface area contributed by atoms with Crippen LogP contribution in [0.15, 0.2) is 12.7 Å². The first-order chi connectivity index (χ1) is 9.33. The second-order valence-corrected chi connectivity index (χ2v) is 6.27. The number of imidazole rings is 1. The summed E-state index contributed by atoms with van der Waals surface area (Å²) in [6.45, 7) is 0.884. The van der Waals surface area contributed by atoms with Gasteiger partial charge in [0.15, 0.2) is 10.8 Å². The molecule has 1 aliphatic heterocycles. The third kappa shape index (κ3) is 1.23. The lowest BCUT2D eigenvalue weighted by molar-refractivity contribution is 0.101. The molecule has 5 unspecified atom stereocenters. The monoisotopic (exact) mass is 276 g/mol. The Morgan fingerprint density at radius 1 is 1.21 bits per heavy atom. The van der Waals surface area contributed by atoms with Crippen LogP contribution in [0.1, 0.15) is 18.9 Å². The van der Waals surface area contributed by atoms with Crippen LogP contribution in [0.25, 0.3) is 11.2 Å². The van der Waals surface area contributed by atoms with Crippen molar-refractivity contribution in [3.8, 4) is 0 Å². The molecule has 3 fully saturated rings. The average Bonchev–Trinajstić information content (AvgIpc) is 3.09. The van der Waals surface area contributed by atoms with Crippen molar-refractivity contribution in [2.45, 2.75) is 25.0 Å². The Morgan fingerprint density at radius 3 is 3.11 bits per heavy atom. The van der Waals surface area contributed by atoms with Gasteiger partial charge in [0.2, 0.25) is 0 Å². The zero-order valence-corrected chi connectivity index (χ0v) is 11.0. The maximum atomic E-state index is 6.08. The lowest BCUT2D eigenvalue weighted by atomic mass is 9.85. The summed E-state index contributed by atoms with van der Waals surface area (Å²) in [6.07, 6.45) is 6.38. The number of ether oxygens (including phenoxy) is 1. The van der Waals surface area contributed by atoms with Gasteiger partial charge >= 0.3 is 0 Å². The highest BCUT2D eigenvalue weighted by Crippen LogP contribution is 2.59. The van der Waals surface area contributed by atoms with Crippen molar-refractivity contribution >= 4 is 22.8 Å². The Hall–Kier alpha value is -1.20. The number of halogens is 1. The lowest BCUT2D eigenvalue weighted by Crippen LogP contribution is -2.27. The molecule has 3 heterocycles. The quantitative estimate of drug-likeness (QED) is 0.748. The van der Waals surface area contributed by atoms with Crippen molar-refractivity contribution in [1.29, 1.82) is 0 Å². The topological polar surface area (TPSA) is 52.8 Å². The van der Waals surface area contributed by atoms with E-state index in [9.17, 15) is 0 Å². The van der Waals surface area contributed by atoms with Crippen LogP contribution in [-0.4, -0.2) is 32.2 Å². The highest BCUT2D eigenvalue weighted by atomic mass is 35.5. The van der Waals surface area contributed by atoms with Crippen LogP contribution in [0, 0.1) is 17.8 Å². The fourth-order valence-electron chi connectivity index (χ4n) is 4.53. The van der Waals surface area contributed by atoms with Crippen LogP contribution >= 0.6 is 11.6 Å². The van der Waals surface area contributed by atoms with Crippen molar-refractivity contribution < 1.29 is 4.74 Å². The van der Waals surface area contributed by atoms with E-state index in [1.807, 2.05) is 6.33 Å². The van der Waals surface area contributed by atoms with Gasteiger partial charge in [-0.25, -0.2) is 15.0 Å². The molecule has 98 valence electrons. The van der Waals surface area contributed by atoms with Gasteiger partial charge < -0.3 is 9.30 Å². The van der Waals surface area contributed by atoms with Gasteiger partial charge in [-0.05, 0) is 24.7 Å². The summed E-state index contributed by atoms with van der Waals surface area (Å²) in [5.41, 5.74) is 1.57. The molecule has 19 heavy (non-hydrogen) atoms. The molecule has 0 aromatic carbocycles. The fraction of sp³-hybridized carbons (Fsp3) is 0.615. The molecule has 2 saturated carbocycles. The molecule has 6 heteroatoms. The Bertz CT molecular complexity index is 670. The van der Waals surface area contributed by atoms with Crippen molar-refractivity contribution in [2.75, 3.05) is 6.61 Å². The number of fused-ring (bicyclic) bond motifs is 2. The molecule has 2 aliphatic carbocycles. The summed E-state index contributed by atoms with van der Waals surface area (Å²) in [5, 5.41) is 0.437. The number of aromatic nitrogens is 4. The third-order valence-electron chi connectivity index (χ3n) is 5.20. The molecule has 2 aromatic heterocycles. The van der Waals surface area contributed by atoms with Crippen molar-refractivity contribution in [3.05, 3.63) is 17.8 Å². The van der Waals surface area contributed by atoms with E-state index in [1.165, 1.54) is 19.2 Å². The van der Waals surface area contributed by atoms with E-state index >= 15 is 0 Å². The van der Waals surface area contributed by atoms with Gasteiger partial charge in [0.25, 0.3) is 0 Å². The van der Waals surface area contributed by atoms with Crippen LogP contribution in [0.2, 0.25) is 5.15 Å². The third-order valence-corrected chi connectivity index (χ3v) is 5.47. The largest absolute Gasteiger partial charge is 0.378 e. The predicted octanol–water partition coefficient (Wildman–Crippen LogP) is 2.08. The van der Waals surface area contributed by atoms with Gasteiger partial charge in [0.1, 0.15) is 11.8 Å². The maximum Gasteiger partial charge on any atom is 0.165 e. The smallest absolute Gasteiger partial charge is 0.165 e. The van der Waals surface area contributed by atoms with Gasteiger partial charge in [-0.3, -0.25) is 0 Å². The zero-order valence-electron chi connectivity index (χ0n) is 10.2. The van der Waals surface area contributed by atoms with Crippen LogP contribution in [0.3, 0.4) is 0 Å². The Morgan fingerprint density at radius 2 is 2.16 bits per heavy atom. The van der Waals surface area contributed by atoms with Gasteiger partial charge in [0, 0.05) is 12.0 Å². The molecule has 1 saturated heterocycles. The maximum absolute atomic E-state index is 6.08. The summed E-state index contributed by atoms with van der Waals surface area (Å²) in [5.74, 6) is 2.06. The van der Waals surface area contributed by atoms with Crippen LogP contribution in [0.4, 0.5) is 0 Å². The molecule has 0 radical (unpaired) electrons. The highest BCUT2D eigenvalue weighted by molar-refractivity contribution is 6.33. The Balaban J connectivity index is 1.68. The summed E-state index contributed by atoms with van der Waals surface area (Å²) in [7, 11) is 0. The van der Waals surface area contributed by atoms with E-state index in [-0.39, 0.29) is 0 Å². The minimum Gasteiger partial charge on any atom is -0.378 e. The summed E-state index contributed by atoms with van der Waals surface area (Å²) < 4.78 is 8.11. The average molecular weight is 277 g/mol. The molecular formula is C13H13ClN4O. The first kappa shape index (κ1) is 10.6. The molecule has 2 aromatic rings. The second-order valence-electron chi connectivity index (χ2n) is 5.91. The second kappa shape index (κ2) is 3.46. The predicted molar refractivity (Wildman–Crippen MR) is 68.8 cm³/mol. The Labute approximate surface area is 115 Å². The normalized spacial score (nSPS) is 39.5. The van der Waals surface area contributed by atoms with Gasteiger partial charge in [-0.1, -0.05) is 11.6 Å². The number of hydrogen-bond acceptors (Lipinski definition) is 4. The van der Waals surface area contributed by atoms with Crippen LogP contribution in [-0.2, 0) is 4.74 Å². The van der Waals surface area contributed by atoms with Gasteiger partial charge in [-0.2, -0.15) is 0 Å². The number of rotatable bonds is 1. The lowest BCUT2D eigenvalue weighted by Gasteiger charge is -2.27. The zero-order chi connectivity index (χ0) is 12.6. The van der Waals surface area contributed by atoms with E-state index in [0.29, 0.717) is 34.7 Å². The van der Waals surface area contributed by atoms with E-state index in [2.05, 4.69) is 19.5 Å². The standard InChI is InChI=1S/C13H13ClN4O/c14-12-10-13(16-4-15-12)18(5-17-10)11-6-1-7-8(11)3-19-9(7)2-6/h4-9,11H,1-3H2. The molecular weight excluding hydrogens is 264 g/mol. The van der Waals surface area contributed by atoms with Gasteiger partial charge in [0.05, 0.1) is 19.0 Å². The molecule has 5 rings (SSSR count). The summed E-state index contributed by atoms with van der Waals surface area (Å²) in [6, 6.07) is 0.472.